The Balaban J connectivity index is 0.000000405. The summed E-state index contributed by atoms with van der Waals surface area (Å²) >= 11 is 3.32. The zero-order valence-corrected chi connectivity index (χ0v) is 21.8. The second-order valence-corrected chi connectivity index (χ2v) is 11.0. The third-order valence-electron chi connectivity index (χ3n) is 6.21. The number of thiazole rings is 2. The first-order valence-corrected chi connectivity index (χ1v) is 13.3. The van der Waals surface area contributed by atoms with Crippen molar-refractivity contribution < 1.29 is 27.9 Å². The molecule has 3 aromatic rings. The largest absolute Gasteiger partial charge is 0.490 e. The summed E-state index contributed by atoms with van der Waals surface area (Å²) in [4.78, 5) is 36.2. The van der Waals surface area contributed by atoms with Gasteiger partial charge in [0.1, 0.15) is 5.54 Å². The van der Waals surface area contributed by atoms with E-state index in [1.54, 1.807) is 22.7 Å². The lowest BCUT2D eigenvalue weighted by Crippen LogP contribution is -2.61. The lowest BCUT2D eigenvalue weighted by molar-refractivity contribution is -0.192. The summed E-state index contributed by atoms with van der Waals surface area (Å²) in [6, 6.07) is 8.11. The molecule has 2 N–H and O–H groups in total. The Morgan fingerprint density at radius 1 is 1.05 bits per heavy atom. The van der Waals surface area contributed by atoms with E-state index in [1.165, 1.54) is 0 Å². The molecule has 1 spiro atoms. The van der Waals surface area contributed by atoms with Crippen LogP contribution >= 0.6 is 22.7 Å². The van der Waals surface area contributed by atoms with Crippen LogP contribution in [0.2, 0.25) is 0 Å². The molecule has 8 nitrogen and oxygen atoms in total. The molecule has 198 valence electrons. The summed E-state index contributed by atoms with van der Waals surface area (Å²) in [7, 11) is 0. The molecule has 5 rings (SSSR count). The number of nitrogens with zero attached hydrogens (tertiary/aromatic N) is 4. The Hall–Kier alpha value is -3.03. The predicted molar refractivity (Wildman–Crippen MR) is 136 cm³/mol. The fraction of sp³-hybridized carbons (Fsp3) is 0.417. The fourth-order valence-electron chi connectivity index (χ4n) is 4.44. The SMILES string of the molecule is Cc1nc(CN2CCC3(CC2)Nc2ccccc2N(Cc2csc(C)n2)C3=O)cs1.O=C(O)C(F)(F)F. The highest BCUT2D eigenvalue weighted by Gasteiger charge is 2.47. The number of nitrogens with one attached hydrogen (secondary N) is 1. The van der Waals surface area contributed by atoms with Gasteiger partial charge in [-0.25, -0.2) is 14.8 Å². The van der Waals surface area contributed by atoms with Gasteiger partial charge in [0.15, 0.2) is 0 Å². The molecule has 2 aromatic heterocycles. The van der Waals surface area contributed by atoms with E-state index in [4.69, 9.17) is 9.90 Å². The highest BCUT2D eigenvalue weighted by Crippen LogP contribution is 2.40. The molecule has 0 saturated carbocycles. The number of carbonyl (C=O) groups is 2. The van der Waals surface area contributed by atoms with Crippen molar-refractivity contribution in [3.8, 4) is 0 Å². The highest BCUT2D eigenvalue weighted by atomic mass is 32.1. The molecule has 0 bridgehead atoms. The average molecular weight is 554 g/mol. The van der Waals surface area contributed by atoms with Gasteiger partial charge >= 0.3 is 12.1 Å². The number of para-hydroxylation sites is 2. The smallest absolute Gasteiger partial charge is 0.475 e. The number of piperidine rings is 1. The fourth-order valence-corrected chi connectivity index (χ4v) is 5.64. The van der Waals surface area contributed by atoms with Crippen LogP contribution in [0.15, 0.2) is 35.0 Å². The van der Waals surface area contributed by atoms with Crippen molar-refractivity contribution in [3.63, 3.8) is 0 Å². The van der Waals surface area contributed by atoms with Crippen LogP contribution < -0.4 is 10.2 Å². The van der Waals surface area contributed by atoms with Gasteiger partial charge in [0.25, 0.3) is 5.91 Å². The molecule has 1 amide bonds. The number of aryl methyl sites for hydroxylation is 2. The molecule has 13 heteroatoms. The molecular formula is C24H26F3N5O3S2. The van der Waals surface area contributed by atoms with Crippen LogP contribution in [0.1, 0.15) is 34.2 Å². The Bertz CT molecular complexity index is 1270. The maximum atomic E-state index is 13.8. The van der Waals surface area contributed by atoms with Gasteiger partial charge in [-0.15, -0.1) is 22.7 Å². The lowest BCUT2D eigenvalue weighted by atomic mass is 9.83. The molecule has 4 heterocycles. The molecule has 0 unspecified atom stereocenters. The molecule has 0 aliphatic carbocycles. The van der Waals surface area contributed by atoms with E-state index in [9.17, 15) is 18.0 Å². The second kappa shape index (κ2) is 10.8. The number of hydrogen-bond donors (Lipinski definition) is 2. The Morgan fingerprint density at radius 2 is 1.59 bits per heavy atom. The number of halogens is 3. The van der Waals surface area contributed by atoms with Gasteiger partial charge < -0.3 is 15.3 Å². The van der Waals surface area contributed by atoms with E-state index in [-0.39, 0.29) is 5.91 Å². The molecular weight excluding hydrogens is 527 g/mol. The van der Waals surface area contributed by atoms with Crippen molar-refractivity contribution in [2.24, 2.45) is 0 Å². The molecule has 1 fully saturated rings. The van der Waals surface area contributed by atoms with Crippen LogP contribution in [0.25, 0.3) is 0 Å². The number of amides is 1. The van der Waals surface area contributed by atoms with Gasteiger partial charge in [0.2, 0.25) is 0 Å². The van der Waals surface area contributed by atoms with Crippen LogP contribution in [0.5, 0.6) is 0 Å². The minimum absolute atomic E-state index is 0.163. The number of aromatic nitrogens is 2. The molecule has 1 aromatic carbocycles. The third kappa shape index (κ3) is 6.28. The van der Waals surface area contributed by atoms with E-state index < -0.39 is 17.7 Å². The first-order valence-electron chi connectivity index (χ1n) is 11.5. The Kier molecular flexibility index (Phi) is 7.85. The lowest BCUT2D eigenvalue weighted by Gasteiger charge is -2.47. The van der Waals surface area contributed by atoms with Crippen molar-refractivity contribution >= 4 is 45.9 Å². The van der Waals surface area contributed by atoms with Gasteiger partial charge in [0.05, 0.1) is 39.3 Å². The van der Waals surface area contributed by atoms with Gasteiger partial charge in [-0.1, -0.05) is 12.1 Å². The van der Waals surface area contributed by atoms with E-state index in [2.05, 4.69) is 37.0 Å². The monoisotopic (exact) mass is 553 g/mol. The zero-order chi connectivity index (χ0) is 26.8. The van der Waals surface area contributed by atoms with Crippen molar-refractivity contribution in [1.29, 1.82) is 0 Å². The van der Waals surface area contributed by atoms with Crippen LogP contribution in [0.3, 0.4) is 0 Å². The Morgan fingerprint density at radius 3 is 2.11 bits per heavy atom. The second-order valence-electron chi connectivity index (χ2n) is 8.91. The van der Waals surface area contributed by atoms with Crippen molar-refractivity contribution in [3.05, 3.63) is 56.4 Å². The first-order chi connectivity index (χ1) is 17.5. The average Bonchev–Trinajstić information content (AvgIpc) is 3.45. The number of rotatable bonds is 4. The Labute approximate surface area is 219 Å². The van der Waals surface area contributed by atoms with E-state index in [0.29, 0.717) is 6.54 Å². The maximum Gasteiger partial charge on any atom is 0.490 e. The number of fused-ring (bicyclic) bond motifs is 1. The quantitative estimate of drug-likeness (QED) is 0.477. The van der Waals surface area contributed by atoms with E-state index in [0.717, 1.165) is 65.3 Å². The molecule has 37 heavy (non-hydrogen) atoms. The van der Waals surface area contributed by atoms with Crippen LogP contribution in [0.4, 0.5) is 24.5 Å². The molecule has 0 atom stereocenters. The van der Waals surface area contributed by atoms with Gasteiger partial charge in [0, 0.05) is 30.4 Å². The topological polar surface area (TPSA) is 98.7 Å². The number of carbonyl (C=O) groups excluding carboxylic acids is 1. The van der Waals surface area contributed by atoms with Crippen LogP contribution in [0, 0.1) is 13.8 Å². The van der Waals surface area contributed by atoms with E-state index in [1.807, 2.05) is 36.9 Å². The summed E-state index contributed by atoms with van der Waals surface area (Å²) in [5, 5.41) is 17.1. The molecule has 2 aliphatic heterocycles. The number of alkyl halides is 3. The summed E-state index contributed by atoms with van der Waals surface area (Å²) in [6.45, 7) is 7.17. The molecule has 2 aliphatic rings. The number of likely N-dealkylation sites (tertiary alicyclic amines) is 1. The number of anilines is 2. The summed E-state index contributed by atoms with van der Waals surface area (Å²) < 4.78 is 31.7. The number of hydrogen-bond acceptors (Lipinski definition) is 8. The minimum atomic E-state index is -5.08. The van der Waals surface area contributed by atoms with Crippen LogP contribution in [-0.2, 0) is 22.7 Å². The standard InChI is InChI=1S/C22H25N5OS2.C2HF3O2/c1-15-23-17(13-29-15)11-26-9-7-22(8-10-26)21(28)27(12-18-14-30-16(2)24-18)20-6-4-3-5-19(20)25-22;3-2(4,5)1(6)7/h3-6,13-14,25H,7-12H2,1-2H3;(H,6,7). The number of carboxylic acid groups (broad SMARTS) is 1. The number of benzene rings is 1. The van der Waals surface area contributed by atoms with Gasteiger partial charge in [-0.2, -0.15) is 13.2 Å². The maximum absolute atomic E-state index is 13.8. The summed E-state index contributed by atoms with van der Waals surface area (Å²) in [5.74, 6) is -2.59. The minimum Gasteiger partial charge on any atom is -0.475 e. The van der Waals surface area contributed by atoms with Gasteiger partial charge in [-0.05, 0) is 38.8 Å². The normalized spacial score (nSPS) is 17.1. The number of carboxylic acids is 1. The highest BCUT2D eigenvalue weighted by molar-refractivity contribution is 7.09. The molecule has 1 saturated heterocycles. The van der Waals surface area contributed by atoms with Crippen LogP contribution in [-0.4, -0.2) is 56.7 Å². The molecule has 0 radical (unpaired) electrons. The number of aliphatic carboxylic acids is 1. The summed E-state index contributed by atoms with van der Waals surface area (Å²) in [6.07, 6.45) is -3.51. The van der Waals surface area contributed by atoms with Gasteiger partial charge in [-0.3, -0.25) is 9.69 Å². The van der Waals surface area contributed by atoms with E-state index >= 15 is 0 Å². The van der Waals surface area contributed by atoms with Crippen molar-refractivity contribution in [1.82, 2.24) is 14.9 Å². The van der Waals surface area contributed by atoms with Crippen molar-refractivity contribution in [2.45, 2.75) is 51.5 Å². The first kappa shape index (κ1) is 27.0. The predicted octanol–water partition coefficient (Wildman–Crippen LogP) is 4.84. The third-order valence-corrected chi connectivity index (χ3v) is 7.86. The summed E-state index contributed by atoms with van der Waals surface area (Å²) in [5.41, 5.74) is 3.51. The van der Waals surface area contributed by atoms with Crippen molar-refractivity contribution in [2.75, 3.05) is 23.3 Å². The zero-order valence-electron chi connectivity index (χ0n) is 20.2.